The molecule has 0 saturated carbocycles. The molecule has 0 aliphatic heterocycles. The number of aromatic nitrogens is 3. The van der Waals surface area contributed by atoms with Crippen molar-refractivity contribution < 1.29 is 4.79 Å². The summed E-state index contributed by atoms with van der Waals surface area (Å²) in [5, 5.41) is 5.83. The quantitative estimate of drug-likeness (QED) is 0.410. The van der Waals surface area contributed by atoms with Crippen LogP contribution in [-0.2, 0) is 6.42 Å². The molecule has 29 heavy (non-hydrogen) atoms. The number of thiophene rings is 1. The van der Waals surface area contributed by atoms with Gasteiger partial charge in [0.05, 0.1) is 5.69 Å². The lowest BCUT2D eigenvalue weighted by Crippen LogP contribution is -2.25. The molecular formula is C22H17ClN4OS. The molecule has 7 heteroatoms. The Morgan fingerprint density at radius 1 is 1.17 bits per heavy atom. The van der Waals surface area contributed by atoms with Gasteiger partial charge in [-0.15, -0.1) is 11.3 Å². The summed E-state index contributed by atoms with van der Waals surface area (Å²) in [5.41, 5.74) is 3.05. The van der Waals surface area contributed by atoms with Crippen LogP contribution < -0.4 is 5.32 Å². The molecular weight excluding hydrogens is 404 g/mol. The van der Waals surface area contributed by atoms with Crippen LogP contribution in [0.15, 0.2) is 67.3 Å². The fourth-order valence-electron chi connectivity index (χ4n) is 3.56. The smallest absolute Gasteiger partial charge is 0.263 e. The molecule has 0 spiro atoms. The molecule has 5 nitrogen and oxygen atoms in total. The molecule has 0 aliphatic carbocycles. The van der Waals surface area contributed by atoms with Crippen molar-refractivity contribution in [3.8, 4) is 5.69 Å². The maximum Gasteiger partial charge on any atom is 0.263 e. The van der Waals surface area contributed by atoms with Gasteiger partial charge in [-0.05, 0) is 54.4 Å². The van der Waals surface area contributed by atoms with E-state index < -0.39 is 0 Å². The summed E-state index contributed by atoms with van der Waals surface area (Å²) < 4.78 is 1.97. The van der Waals surface area contributed by atoms with E-state index in [9.17, 15) is 4.79 Å². The average molecular weight is 421 g/mol. The molecule has 0 radical (unpaired) electrons. The number of benzene rings is 1. The Morgan fingerprint density at radius 2 is 2.03 bits per heavy atom. The van der Waals surface area contributed by atoms with Crippen molar-refractivity contribution in [3.05, 3.63) is 82.7 Å². The minimum atomic E-state index is -0.0884. The molecule has 1 aromatic carbocycles. The maximum atomic E-state index is 13.0. The fraction of sp³-hybridized carbons (Fsp3) is 0.0909. The van der Waals surface area contributed by atoms with Gasteiger partial charge in [-0.1, -0.05) is 11.6 Å². The number of amides is 1. The van der Waals surface area contributed by atoms with Crippen LogP contribution in [0, 0.1) is 0 Å². The van der Waals surface area contributed by atoms with Crippen LogP contribution in [0.3, 0.4) is 0 Å². The lowest BCUT2D eigenvalue weighted by atomic mass is 10.1. The minimum absolute atomic E-state index is 0.0884. The van der Waals surface area contributed by atoms with Crippen LogP contribution in [0.1, 0.15) is 15.2 Å². The minimum Gasteiger partial charge on any atom is -0.361 e. The molecule has 0 fully saturated rings. The average Bonchev–Trinajstić information content (AvgIpc) is 3.46. The molecule has 5 rings (SSSR count). The van der Waals surface area contributed by atoms with E-state index in [0.29, 0.717) is 22.9 Å². The molecule has 0 unspecified atom stereocenters. The highest BCUT2D eigenvalue weighted by molar-refractivity contribution is 7.21. The highest BCUT2D eigenvalue weighted by Crippen LogP contribution is 2.33. The third kappa shape index (κ3) is 3.30. The number of halogens is 1. The highest BCUT2D eigenvalue weighted by Gasteiger charge is 2.20. The first-order chi connectivity index (χ1) is 14.2. The van der Waals surface area contributed by atoms with E-state index in [1.807, 2.05) is 65.6 Å². The number of carbonyl (C=O) groups is 1. The van der Waals surface area contributed by atoms with E-state index in [0.717, 1.165) is 32.4 Å². The van der Waals surface area contributed by atoms with Gasteiger partial charge in [0.25, 0.3) is 5.91 Å². The second-order valence-corrected chi connectivity index (χ2v) is 8.17. The van der Waals surface area contributed by atoms with E-state index in [4.69, 9.17) is 11.6 Å². The van der Waals surface area contributed by atoms with Crippen LogP contribution >= 0.6 is 22.9 Å². The molecule has 5 aromatic rings. The number of fused-ring (bicyclic) bond motifs is 2. The summed E-state index contributed by atoms with van der Waals surface area (Å²) in [5.74, 6) is -0.0884. The standard InChI is InChI=1S/C22H17ClN4OS/c23-15-5-6-18-17(12-15)14(13-26-18)7-9-24-21(28)20-19(27-10-1-2-11-27)16-4-3-8-25-22(16)29-20/h1-6,8,10-13,26H,7,9H2,(H,24,28). The van der Waals surface area contributed by atoms with Crippen molar-refractivity contribution >= 4 is 50.0 Å². The van der Waals surface area contributed by atoms with E-state index in [1.54, 1.807) is 6.20 Å². The van der Waals surface area contributed by atoms with E-state index in [-0.39, 0.29) is 5.91 Å². The van der Waals surface area contributed by atoms with Crippen LogP contribution in [0.5, 0.6) is 0 Å². The summed E-state index contributed by atoms with van der Waals surface area (Å²) in [6.45, 7) is 0.533. The van der Waals surface area contributed by atoms with Gasteiger partial charge in [0.2, 0.25) is 0 Å². The predicted octanol–water partition coefficient (Wildman–Crippen LogP) is 5.19. The van der Waals surface area contributed by atoms with Gasteiger partial charge in [-0.3, -0.25) is 4.79 Å². The fourth-order valence-corrected chi connectivity index (χ4v) is 4.79. The molecule has 0 saturated heterocycles. The summed E-state index contributed by atoms with van der Waals surface area (Å²) >= 11 is 7.54. The number of pyridine rings is 1. The lowest BCUT2D eigenvalue weighted by molar-refractivity contribution is 0.0958. The van der Waals surface area contributed by atoms with Gasteiger partial charge in [-0.2, -0.15) is 0 Å². The van der Waals surface area contributed by atoms with E-state index in [2.05, 4.69) is 15.3 Å². The van der Waals surface area contributed by atoms with Crippen LogP contribution in [0.4, 0.5) is 0 Å². The largest absolute Gasteiger partial charge is 0.361 e. The SMILES string of the molecule is O=C(NCCc1c[nH]c2ccc(Cl)cc12)c1sc2ncccc2c1-n1cccc1. The molecule has 0 atom stereocenters. The first-order valence-corrected chi connectivity index (χ1v) is 10.4. The van der Waals surface area contributed by atoms with Crippen molar-refractivity contribution in [1.82, 2.24) is 19.9 Å². The lowest BCUT2D eigenvalue weighted by Gasteiger charge is -2.07. The summed E-state index contributed by atoms with van der Waals surface area (Å²) in [4.78, 5) is 22.2. The number of H-pyrrole nitrogens is 1. The molecule has 4 aromatic heterocycles. The Kier molecular flexibility index (Phi) is 4.58. The third-order valence-corrected chi connectivity index (χ3v) is 6.25. The zero-order chi connectivity index (χ0) is 19.8. The van der Waals surface area contributed by atoms with Crippen LogP contribution in [0.2, 0.25) is 5.02 Å². The van der Waals surface area contributed by atoms with Gasteiger partial charge in [0, 0.05) is 52.6 Å². The normalized spacial score (nSPS) is 11.3. The molecule has 0 aliphatic rings. The highest BCUT2D eigenvalue weighted by atomic mass is 35.5. The number of carbonyl (C=O) groups excluding carboxylic acids is 1. The van der Waals surface area contributed by atoms with Gasteiger partial charge < -0.3 is 14.9 Å². The Hall–Kier alpha value is -3.09. The van der Waals surface area contributed by atoms with E-state index >= 15 is 0 Å². The maximum absolute atomic E-state index is 13.0. The van der Waals surface area contributed by atoms with Crippen molar-refractivity contribution in [3.63, 3.8) is 0 Å². The number of hydrogen-bond donors (Lipinski definition) is 2. The predicted molar refractivity (Wildman–Crippen MR) is 118 cm³/mol. The van der Waals surface area contributed by atoms with Gasteiger partial charge in [0.1, 0.15) is 9.71 Å². The molecule has 0 bridgehead atoms. The first kappa shape index (κ1) is 18.0. The number of hydrogen-bond acceptors (Lipinski definition) is 3. The summed E-state index contributed by atoms with van der Waals surface area (Å²) in [6.07, 6.45) is 8.33. The number of nitrogens with zero attached hydrogens (tertiary/aromatic N) is 2. The zero-order valence-electron chi connectivity index (χ0n) is 15.4. The van der Waals surface area contributed by atoms with Crippen molar-refractivity contribution in [2.24, 2.45) is 0 Å². The monoisotopic (exact) mass is 420 g/mol. The topological polar surface area (TPSA) is 62.7 Å². The molecule has 1 amide bonds. The van der Waals surface area contributed by atoms with Crippen molar-refractivity contribution in [2.45, 2.75) is 6.42 Å². The number of rotatable bonds is 5. The van der Waals surface area contributed by atoms with E-state index in [1.165, 1.54) is 11.3 Å². The second kappa shape index (κ2) is 7.39. The number of aromatic amines is 1. The van der Waals surface area contributed by atoms with Crippen LogP contribution in [-0.4, -0.2) is 27.0 Å². The Bertz CT molecular complexity index is 1320. The molecule has 2 N–H and O–H groups in total. The Morgan fingerprint density at radius 3 is 2.90 bits per heavy atom. The van der Waals surface area contributed by atoms with Gasteiger partial charge in [0.15, 0.2) is 0 Å². The molecule has 4 heterocycles. The third-order valence-electron chi connectivity index (χ3n) is 4.92. The summed E-state index contributed by atoms with van der Waals surface area (Å²) in [7, 11) is 0. The van der Waals surface area contributed by atoms with Gasteiger partial charge in [-0.25, -0.2) is 4.98 Å². The second-order valence-electron chi connectivity index (χ2n) is 6.74. The molecule has 144 valence electrons. The Labute approximate surface area is 176 Å². The number of nitrogens with one attached hydrogen (secondary N) is 2. The van der Waals surface area contributed by atoms with Crippen molar-refractivity contribution in [2.75, 3.05) is 6.54 Å². The van der Waals surface area contributed by atoms with Crippen molar-refractivity contribution in [1.29, 1.82) is 0 Å². The zero-order valence-corrected chi connectivity index (χ0v) is 16.9. The Balaban J connectivity index is 1.39. The van der Waals surface area contributed by atoms with Crippen LogP contribution in [0.25, 0.3) is 26.8 Å². The summed E-state index contributed by atoms with van der Waals surface area (Å²) in [6, 6.07) is 13.6. The van der Waals surface area contributed by atoms with Gasteiger partial charge >= 0.3 is 0 Å². The first-order valence-electron chi connectivity index (χ1n) is 9.25.